The number of likely N-dealkylation sites (tertiary alicyclic amines) is 1. The van der Waals surface area contributed by atoms with Gasteiger partial charge in [0.2, 0.25) is 11.7 Å². The number of aromatic nitrogens is 2. The van der Waals surface area contributed by atoms with Crippen LogP contribution in [0.3, 0.4) is 0 Å². The molecule has 1 aromatic carbocycles. The van der Waals surface area contributed by atoms with Crippen molar-refractivity contribution in [2.75, 3.05) is 11.9 Å². The van der Waals surface area contributed by atoms with Crippen LogP contribution in [0.5, 0.6) is 0 Å². The second kappa shape index (κ2) is 6.24. The average molecular weight is 330 g/mol. The van der Waals surface area contributed by atoms with Gasteiger partial charge in [-0.25, -0.2) is 4.79 Å². The van der Waals surface area contributed by atoms with Gasteiger partial charge in [0, 0.05) is 24.7 Å². The Morgan fingerprint density at radius 3 is 2.92 bits per heavy atom. The van der Waals surface area contributed by atoms with Crippen LogP contribution >= 0.6 is 0 Å². The van der Waals surface area contributed by atoms with Crippen LogP contribution in [0.1, 0.15) is 32.6 Å². The molecule has 3 rings (SSSR count). The zero-order chi connectivity index (χ0) is 17.3. The van der Waals surface area contributed by atoms with E-state index >= 15 is 0 Å². The molecule has 1 aliphatic heterocycles. The van der Waals surface area contributed by atoms with Gasteiger partial charge in [0.25, 0.3) is 0 Å². The number of nitrogens with one attached hydrogen (secondary N) is 1. The first kappa shape index (κ1) is 16.4. The van der Waals surface area contributed by atoms with Crippen LogP contribution in [0, 0.1) is 6.92 Å². The van der Waals surface area contributed by atoms with Crippen LogP contribution in [0.2, 0.25) is 0 Å². The Balaban J connectivity index is 1.75. The van der Waals surface area contributed by atoms with Gasteiger partial charge >= 0.3 is 6.03 Å². The third-order valence-corrected chi connectivity index (χ3v) is 4.23. The normalized spacial score (nSPS) is 18.0. The van der Waals surface area contributed by atoms with Crippen molar-refractivity contribution in [2.45, 2.75) is 45.3 Å². The Bertz CT molecular complexity index is 735. The molecule has 1 saturated heterocycles. The van der Waals surface area contributed by atoms with E-state index in [1.807, 2.05) is 18.2 Å². The number of aliphatic hydroxyl groups is 1. The molecule has 2 heterocycles. The van der Waals surface area contributed by atoms with E-state index in [1.165, 1.54) is 0 Å². The molecule has 0 aliphatic carbocycles. The molecule has 7 heteroatoms. The maximum Gasteiger partial charge on any atom is 0.322 e. The lowest BCUT2D eigenvalue weighted by Crippen LogP contribution is -2.49. The Hall–Kier alpha value is -2.41. The van der Waals surface area contributed by atoms with Gasteiger partial charge in [0.1, 0.15) is 0 Å². The highest BCUT2D eigenvalue weighted by atomic mass is 16.5. The number of anilines is 1. The van der Waals surface area contributed by atoms with Crippen LogP contribution in [-0.4, -0.2) is 44.4 Å². The quantitative estimate of drug-likeness (QED) is 0.903. The topological polar surface area (TPSA) is 91.5 Å². The van der Waals surface area contributed by atoms with Crippen molar-refractivity contribution < 1.29 is 14.4 Å². The minimum absolute atomic E-state index is 0.180. The number of carbonyl (C=O) groups is 1. The molecule has 0 radical (unpaired) electrons. The van der Waals surface area contributed by atoms with Gasteiger partial charge in [0.05, 0.1) is 11.6 Å². The average Bonchev–Trinajstić information content (AvgIpc) is 3.15. The van der Waals surface area contributed by atoms with E-state index in [2.05, 4.69) is 15.5 Å². The van der Waals surface area contributed by atoms with E-state index in [9.17, 15) is 9.90 Å². The summed E-state index contributed by atoms with van der Waals surface area (Å²) in [5.41, 5.74) is 0.504. The summed E-state index contributed by atoms with van der Waals surface area (Å²) in [7, 11) is 0. The third kappa shape index (κ3) is 3.41. The molecule has 1 atom stereocenters. The van der Waals surface area contributed by atoms with Crippen molar-refractivity contribution in [2.24, 2.45) is 0 Å². The fourth-order valence-corrected chi connectivity index (χ4v) is 3.09. The van der Waals surface area contributed by atoms with E-state index < -0.39 is 5.60 Å². The molecular formula is C17H22N4O3. The smallest absolute Gasteiger partial charge is 0.322 e. The summed E-state index contributed by atoms with van der Waals surface area (Å²) in [6.45, 7) is 5.85. The first-order valence-corrected chi connectivity index (χ1v) is 8.05. The lowest BCUT2D eigenvalue weighted by molar-refractivity contribution is 0.0117. The number of carbonyl (C=O) groups excluding carboxylic acids is 1. The number of hydrogen-bond acceptors (Lipinski definition) is 5. The van der Waals surface area contributed by atoms with Crippen molar-refractivity contribution in [1.29, 1.82) is 0 Å². The highest BCUT2D eigenvalue weighted by Gasteiger charge is 2.38. The van der Waals surface area contributed by atoms with Gasteiger partial charge in [-0.1, -0.05) is 17.3 Å². The van der Waals surface area contributed by atoms with E-state index in [-0.39, 0.29) is 12.1 Å². The van der Waals surface area contributed by atoms with Gasteiger partial charge < -0.3 is 19.8 Å². The second-order valence-corrected chi connectivity index (χ2v) is 6.65. The van der Waals surface area contributed by atoms with Gasteiger partial charge in [-0.2, -0.15) is 4.98 Å². The monoisotopic (exact) mass is 330 g/mol. The maximum atomic E-state index is 12.6. The summed E-state index contributed by atoms with van der Waals surface area (Å²) in [6, 6.07) is 6.91. The van der Waals surface area contributed by atoms with Crippen LogP contribution in [0.25, 0.3) is 11.4 Å². The summed E-state index contributed by atoms with van der Waals surface area (Å²) >= 11 is 0. The van der Waals surface area contributed by atoms with Crippen LogP contribution in [0.15, 0.2) is 28.8 Å². The summed E-state index contributed by atoms with van der Waals surface area (Å²) in [5, 5.41) is 17.0. The number of hydrogen-bond donors (Lipinski definition) is 2. The molecule has 0 bridgehead atoms. The third-order valence-electron chi connectivity index (χ3n) is 4.23. The highest BCUT2D eigenvalue weighted by molar-refractivity contribution is 5.90. The van der Waals surface area contributed by atoms with Gasteiger partial charge in [-0.05, 0) is 38.8 Å². The lowest BCUT2D eigenvalue weighted by Gasteiger charge is -2.33. The zero-order valence-corrected chi connectivity index (χ0v) is 14.1. The van der Waals surface area contributed by atoms with Crippen molar-refractivity contribution in [1.82, 2.24) is 15.0 Å². The Labute approximate surface area is 140 Å². The van der Waals surface area contributed by atoms with E-state index in [4.69, 9.17) is 4.52 Å². The Kier molecular flexibility index (Phi) is 4.28. The molecule has 2 amide bonds. The number of rotatable bonds is 3. The number of aryl methyl sites for hydroxylation is 1. The SMILES string of the molecule is Cc1nc(-c2cccc(NC(=O)N3CCCC3C(C)(C)O)c2)no1. The molecule has 0 spiro atoms. The first-order valence-electron chi connectivity index (χ1n) is 8.05. The largest absolute Gasteiger partial charge is 0.388 e. The predicted molar refractivity (Wildman–Crippen MR) is 89.5 cm³/mol. The molecule has 7 nitrogen and oxygen atoms in total. The van der Waals surface area contributed by atoms with Crippen LogP contribution < -0.4 is 5.32 Å². The minimum Gasteiger partial charge on any atom is -0.388 e. The molecule has 24 heavy (non-hydrogen) atoms. The van der Waals surface area contributed by atoms with Gasteiger partial charge in [-0.3, -0.25) is 0 Å². The molecule has 1 aliphatic rings. The number of nitrogens with zero attached hydrogens (tertiary/aromatic N) is 3. The second-order valence-electron chi connectivity index (χ2n) is 6.65. The van der Waals surface area contributed by atoms with Crippen molar-refractivity contribution in [3.05, 3.63) is 30.2 Å². The molecule has 2 N–H and O–H groups in total. The number of benzene rings is 1. The van der Waals surface area contributed by atoms with E-state index in [0.29, 0.717) is 23.9 Å². The lowest BCUT2D eigenvalue weighted by atomic mass is 9.97. The fourth-order valence-electron chi connectivity index (χ4n) is 3.09. The van der Waals surface area contributed by atoms with Crippen molar-refractivity contribution >= 4 is 11.7 Å². The van der Waals surface area contributed by atoms with Crippen molar-refractivity contribution in [3.8, 4) is 11.4 Å². The van der Waals surface area contributed by atoms with Gasteiger partial charge in [-0.15, -0.1) is 0 Å². The summed E-state index contributed by atoms with van der Waals surface area (Å²) < 4.78 is 4.99. The molecule has 1 fully saturated rings. The van der Waals surface area contributed by atoms with E-state index in [1.54, 1.807) is 31.7 Å². The predicted octanol–water partition coefficient (Wildman–Crippen LogP) is 2.81. The fraction of sp³-hybridized carbons (Fsp3) is 0.471. The van der Waals surface area contributed by atoms with Crippen LogP contribution in [0.4, 0.5) is 10.5 Å². The Morgan fingerprint density at radius 2 is 2.25 bits per heavy atom. The van der Waals surface area contributed by atoms with Crippen LogP contribution in [-0.2, 0) is 0 Å². The molecule has 1 unspecified atom stereocenters. The van der Waals surface area contributed by atoms with Gasteiger partial charge in [0.15, 0.2) is 0 Å². The summed E-state index contributed by atoms with van der Waals surface area (Å²) in [6.07, 6.45) is 1.70. The summed E-state index contributed by atoms with van der Waals surface area (Å²) in [5.74, 6) is 0.976. The highest BCUT2D eigenvalue weighted by Crippen LogP contribution is 2.28. The van der Waals surface area contributed by atoms with E-state index in [0.717, 1.165) is 18.4 Å². The maximum absolute atomic E-state index is 12.6. The first-order chi connectivity index (χ1) is 11.3. The zero-order valence-electron chi connectivity index (χ0n) is 14.1. The molecule has 1 aromatic heterocycles. The number of urea groups is 1. The molecule has 2 aromatic rings. The Morgan fingerprint density at radius 1 is 1.46 bits per heavy atom. The standard InChI is InChI=1S/C17H22N4O3/c1-11-18-15(20-24-11)12-6-4-7-13(10-12)19-16(22)21-9-5-8-14(21)17(2,3)23/h4,6-7,10,14,23H,5,8-9H2,1-3H3,(H,19,22). The molecule has 128 valence electrons. The number of amides is 2. The minimum atomic E-state index is -0.919. The molecule has 0 saturated carbocycles. The molecular weight excluding hydrogens is 308 g/mol. The summed E-state index contributed by atoms with van der Waals surface area (Å²) in [4.78, 5) is 18.5. The van der Waals surface area contributed by atoms with Crippen molar-refractivity contribution in [3.63, 3.8) is 0 Å².